The lowest BCUT2D eigenvalue weighted by Gasteiger charge is -2.20. The summed E-state index contributed by atoms with van der Waals surface area (Å²) in [5.74, 6) is 0.345. The molecule has 1 aromatic heterocycles. The highest BCUT2D eigenvalue weighted by molar-refractivity contribution is 7.13. The number of rotatable bonds is 4. The molecule has 0 aliphatic rings. The van der Waals surface area contributed by atoms with E-state index in [0.29, 0.717) is 15.9 Å². The lowest BCUT2D eigenvalue weighted by Crippen LogP contribution is -2.38. The summed E-state index contributed by atoms with van der Waals surface area (Å²) < 4.78 is 5.66. The average Bonchev–Trinajstić information content (AvgIpc) is 2.95. The van der Waals surface area contributed by atoms with Crippen molar-refractivity contribution in [3.63, 3.8) is 0 Å². The average molecular weight is 311 g/mol. The third-order valence-corrected chi connectivity index (χ3v) is 3.94. The number of anilines is 1. The molecule has 0 saturated heterocycles. The molecule has 0 saturated carbocycles. The van der Waals surface area contributed by atoms with Gasteiger partial charge in [0.2, 0.25) is 0 Å². The lowest BCUT2D eigenvalue weighted by atomic mass is 10.2. The summed E-state index contributed by atoms with van der Waals surface area (Å²) in [4.78, 5) is 17.9. The number of hydrogen-bond acceptors (Lipinski definition) is 4. The first-order valence-corrected chi connectivity index (χ1v) is 7.34. The third kappa shape index (κ3) is 3.29. The van der Waals surface area contributed by atoms with Crippen molar-refractivity contribution < 1.29 is 9.53 Å². The molecule has 0 aliphatic carbocycles. The van der Waals surface area contributed by atoms with Crippen molar-refractivity contribution in [3.8, 4) is 5.75 Å². The second-order valence-electron chi connectivity index (χ2n) is 4.41. The Hall–Kier alpha value is -1.59. The largest absolute Gasteiger partial charge is 0.479 e. The van der Waals surface area contributed by atoms with Crippen LogP contribution in [0.3, 0.4) is 0 Å². The number of ether oxygens (including phenoxy) is 1. The number of aromatic nitrogens is 1. The van der Waals surface area contributed by atoms with Gasteiger partial charge in [0.25, 0.3) is 5.91 Å². The highest BCUT2D eigenvalue weighted by atomic mass is 35.5. The molecule has 1 atom stereocenters. The quantitative estimate of drug-likeness (QED) is 0.867. The van der Waals surface area contributed by atoms with E-state index in [9.17, 15) is 4.79 Å². The van der Waals surface area contributed by atoms with Crippen LogP contribution in [0.15, 0.2) is 29.8 Å². The Balaban J connectivity index is 2.09. The third-order valence-electron chi connectivity index (χ3n) is 2.78. The fraction of sp³-hybridized carbons (Fsp3) is 0.286. The Labute approximate surface area is 127 Å². The van der Waals surface area contributed by atoms with Gasteiger partial charge in [-0.2, -0.15) is 0 Å². The van der Waals surface area contributed by atoms with Gasteiger partial charge in [-0.05, 0) is 31.5 Å². The van der Waals surface area contributed by atoms with Crippen molar-refractivity contribution in [1.82, 2.24) is 4.98 Å². The van der Waals surface area contributed by atoms with Crippen molar-refractivity contribution in [2.45, 2.75) is 20.0 Å². The highest BCUT2D eigenvalue weighted by Crippen LogP contribution is 2.27. The van der Waals surface area contributed by atoms with Crippen molar-refractivity contribution in [2.75, 3.05) is 11.9 Å². The molecule has 6 heteroatoms. The molecule has 20 heavy (non-hydrogen) atoms. The van der Waals surface area contributed by atoms with Crippen LogP contribution in [0.4, 0.5) is 5.13 Å². The summed E-state index contributed by atoms with van der Waals surface area (Å²) in [6, 6.07) is 5.47. The molecule has 0 spiro atoms. The van der Waals surface area contributed by atoms with E-state index in [4.69, 9.17) is 16.3 Å². The predicted molar refractivity (Wildman–Crippen MR) is 81.8 cm³/mol. The normalized spacial score (nSPS) is 12.0. The summed E-state index contributed by atoms with van der Waals surface area (Å²) in [7, 11) is 1.68. The SMILES string of the molecule is Cc1ccc(Cl)c(OC(C)C(=O)N(C)c2nccs2)c1. The molecule has 2 aromatic rings. The van der Waals surface area contributed by atoms with Crippen molar-refractivity contribution in [1.29, 1.82) is 0 Å². The zero-order chi connectivity index (χ0) is 14.7. The molecule has 2 rings (SSSR count). The molecular formula is C14H15ClN2O2S. The Morgan fingerprint density at radius 1 is 1.50 bits per heavy atom. The first kappa shape index (κ1) is 14.8. The fourth-order valence-electron chi connectivity index (χ4n) is 1.69. The number of amides is 1. The smallest absolute Gasteiger partial charge is 0.269 e. The van der Waals surface area contributed by atoms with Gasteiger partial charge < -0.3 is 4.74 Å². The maximum absolute atomic E-state index is 12.3. The number of hydrogen-bond donors (Lipinski definition) is 0. The summed E-state index contributed by atoms with van der Waals surface area (Å²) in [5, 5.41) is 2.95. The topological polar surface area (TPSA) is 42.4 Å². The van der Waals surface area contributed by atoms with Crippen molar-refractivity contribution in [2.24, 2.45) is 0 Å². The molecule has 106 valence electrons. The monoisotopic (exact) mass is 310 g/mol. The fourth-order valence-corrected chi connectivity index (χ4v) is 2.47. The van der Waals surface area contributed by atoms with Crippen LogP contribution >= 0.6 is 22.9 Å². The van der Waals surface area contributed by atoms with Gasteiger partial charge in [0.05, 0.1) is 5.02 Å². The standard InChI is InChI=1S/C14H15ClN2O2S/c1-9-4-5-11(15)12(8-9)19-10(2)13(18)17(3)14-16-6-7-20-14/h4-8,10H,1-3H3. The number of carbonyl (C=O) groups excluding carboxylic acids is 1. The minimum absolute atomic E-state index is 0.169. The zero-order valence-electron chi connectivity index (χ0n) is 11.5. The Bertz CT molecular complexity index is 601. The summed E-state index contributed by atoms with van der Waals surface area (Å²) in [6.45, 7) is 3.64. The van der Waals surface area contributed by atoms with E-state index < -0.39 is 6.10 Å². The van der Waals surface area contributed by atoms with E-state index in [1.165, 1.54) is 16.2 Å². The first-order chi connectivity index (χ1) is 9.49. The summed E-state index contributed by atoms with van der Waals surface area (Å²) in [5.41, 5.74) is 1.03. The van der Waals surface area contributed by atoms with Crippen LogP contribution in [0.2, 0.25) is 5.02 Å². The van der Waals surface area contributed by atoms with Crippen LogP contribution in [-0.4, -0.2) is 24.0 Å². The maximum atomic E-state index is 12.3. The molecule has 0 bridgehead atoms. The Morgan fingerprint density at radius 3 is 2.90 bits per heavy atom. The molecule has 0 radical (unpaired) electrons. The van der Waals surface area contributed by atoms with Gasteiger partial charge >= 0.3 is 0 Å². The molecule has 0 aliphatic heterocycles. The minimum atomic E-state index is -0.636. The summed E-state index contributed by atoms with van der Waals surface area (Å²) >= 11 is 7.46. The van der Waals surface area contributed by atoms with E-state index in [2.05, 4.69) is 4.98 Å². The second kappa shape index (κ2) is 6.24. The van der Waals surface area contributed by atoms with E-state index in [1.54, 1.807) is 26.2 Å². The van der Waals surface area contributed by atoms with Gasteiger partial charge in [0.1, 0.15) is 5.75 Å². The van der Waals surface area contributed by atoms with Crippen LogP contribution in [0.25, 0.3) is 0 Å². The minimum Gasteiger partial charge on any atom is -0.479 e. The predicted octanol–water partition coefficient (Wildman–Crippen LogP) is 3.54. The van der Waals surface area contributed by atoms with Gasteiger partial charge in [0, 0.05) is 18.6 Å². The van der Waals surface area contributed by atoms with Gasteiger partial charge in [-0.3, -0.25) is 9.69 Å². The molecule has 0 fully saturated rings. The van der Waals surface area contributed by atoms with Gasteiger partial charge in [0.15, 0.2) is 11.2 Å². The van der Waals surface area contributed by atoms with Crippen LogP contribution in [0.1, 0.15) is 12.5 Å². The highest BCUT2D eigenvalue weighted by Gasteiger charge is 2.22. The molecule has 1 aromatic carbocycles. The second-order valence-corrected chi connectivity index (χ2v) is 5.69. The number of halogens is 1. The molecule has 1 heterocycles. The summed E-state index contributed by atoms with van der Waals surface area (Å²) in [6.07, 6.45) is 1.02. The van der Waals surface area contributed by atoms with Crippen LogP contribution in [0, 0.1) is 6.92 Å². The number of nitrogens with zero attached hydrogens (tertiary/aromatic N) is 2. The van der Waals surface area contributed by atoms with Gasteiger partial charge in [-0.15, -0.1) is 11.3 Å². The maximum Gasteiger partial charge on any atom is 0.269 e. The van der Waals surface area contributed by atoms with Crippen LogP contribution < -0.4 is 9.64 Å². The number of thiazole rings is 1. The number of carbonyl (C=O) groups is 1. The Morgan fingerprint density at radius 2 is 2.25 bits per heavy atom. The number of benzene rings is 1. The molecule has 4 nitrogen and oxygen atoms in total. The van der Waals surface area contributed by atoms with E-state index in [0.717, 1.165) is 5.56 Å². The van der Waals surface area contributed by atoms with Crippen LogP contribution in [0.5, 0.6) is 5.75 Å². The number of likely N-dealkylation sites (N-methyl/N-ethyl adjacent to an activating group) is 1. The van der Waals surface area contributed by atoms with E-state index in [-0.39, 0.29) is 5.91 Å². The molecule has 1 amide bonds. The zero-order valence-corrected chi connectivity index (χ0v) is 13.0. The van der Waals surface area contributed by atoms with Gasteiger partial charge in [-0.25, -0.2) is 4.98 Å². The lowest BCUT2D eigenvalue weighted by molar-refractivity contribution is -0.124. The van der Waals surface area contributed by atoms with E-state index >= 15 is 0 Å². The van der Waals surface area contributed by atoms with Crippen molar-refractivity contribution in [3.05, 3.63) is 40.4 Å². The number of aryl methyl sites for hydroxylation is 1. The van der Waals surface area contributed by atoms with Crippen LogP contribution in [-0.2, 0) is 4.79 Å². The van der Waals surface area contributed by atoms with Gasteiger partial charge in [-0.1, -0.05) is 17.7 Å². The van der Waals surface area contributed by atoms with E-state index in [1.807, 2.05) is 24.4 Å². The molecule has 0 N–H and O–H groups in total. The molecule has 1 unspecified atom stereocenters. The Kier molecular flexibility index (Phi) is 4.62. The molecular weight excluding hydrogens is 296 g/mol. The first-order valence-electron chi connectivity index (χ1n) is 6.09. The van der Waals surface area contributed by atoms with Crippen molar-refractivity contribution >= 4 is 34.0 Å².